The lowest BCUT2D eigenvalue weighted by atomic mass is 10.0. The molecule has 0 amide bonds. The highest BCUT2D eigenvalue weighted by molar-refractivity contribution is 7.90. The second-order valence-corrected chi connectivity index (χ2v) is 6.77. The molecule has 6 heteroatoms. The first-order chi connectivity index (χ1) is 7.51. The van der Waals surface area contributed by atoms with Crippen molar-refractivity contribution in [2.75, 3.05) is 0 Å². The van der Waals surface area contributed by atoms with E-state index in [1.807, 2.05) is 0 Å². The largest absolute Gasteiger partial charge is 0.311 e. The molecule has 0 aromatic heterocycles. The monoisotopic (exact) mass is 243 g/mol. The van der Waals surface area contributed by atoms with E-state index in [9.17, 15) is 8.42 Å². The molecule has 2 aliphatic heterocycles. The minimum atomic E-state index is -3.47. The minimum Gasteiger partial charge on any atom is -0.311 e. The second kappa shape index (κ2) is 4.32. The lowest BCUT2D eigenvalue weighted by Crippen LogP contribution is -2.49. The van der Waals surface area contributed by atoms with Gasteiger partial charge in [0.1, 0.15) is 0 Å². The molecular formula is C10H17N3O2S. The third kappa shape index (κ3) is 2.37. The number of piperidine rings is 1. The molecule has 2 rings (SSSR count). The zero-order valence-electron chi connectivity index (χ0n) is 9.31. The van der Waals surface area contributed by atoms with Crippen LogP contribution < -0.4 is 10.0 Å². The van der Waals surface area contributed by atoms with E-state index >= 15 is 0 Å². The summed E-state index contributed by atoms with van der Waals surface area (Å²) in [4.78, 5) is 0. The molecule has 3 atom stereocenters. The minimum absolute atomic E-state index is 0.000417. The van der Waals surface area contributed by atoms with Gasteiger partial charge in [0.25, 0.3) is 0 Å². The van der Waals surface area contributed by atoms with Crippen molar-refractivity contribution in [3.8, 4) is 6.07 Å². The van der Waals surface area contributed by atoms with Crippen molar-refractivity contribution >= 4 is 10.0 Å². The van der Waals surface area contributed by atoms with Crippen LogP contribution in [0.3, 0.4) is 0 Å². The normalized spacial score (nSPS) is 35.6. The van der Waals surface area contributed by atoms with Gasteiger partial charge in [-0.05, 0) is 32.6 Å². The molecule has 3 unspecified atom stereocenters. The quantitative estimate of drug-likeness (QED) is 0.736. The van der Waals surface area contributed by atoms with Gasteiger partial charge in [0.2, 0.25) is 10.0 Å². The molecule has 2 saturated heterocycles. The molecule has 2 bridgehead atoms. The first-order valence-corrected chi connectivity index (χ1v) is 7.22. The zero-order chi connectivity index (χ0) is 11.8. The molecule has 2 heterocycles. The van der Waals surface area contributed by atoms with Crippen molar-refractivity contribution in [2.24, 2.45) is 0 Å². The van der Waals surface area contributed by atoms with Crippen LogP contribution in [0.1, 0.15) is 32.6 Å². The van der Waals surface area contributed by atoms with Crippen LogP contribution in [0.15, 0.2) is 0 Å². The predicted octanol–water partition coefficient (Wildman–Crippen LogP) is 0.101. The maximum Gasteiger partial charge on any atom is 0.227 e. The van der Waals surface area contributed by atoms with Gasteiger partial charge < -0.3 is 5.32 Å². The number of hydrogen-bond donors (Lipinski definition) is 2. The number of nitrogens with zero attached hydrogens (tertiary/aromatic N) is 1. The molecular weight excluding hydrogens is 226 g/mol. The molecule has 0 saturated carbocycles. The van der Waals surface area contributed by atoms with Gasteiger partial charge in [-0.15, -0.1) is 0 Å². The maximum absolute atomic E-state index is 11.7. The van der Waals surface area contributed by atoms with Crippen LogP contribution in [-0.4, -0.2) is 31.8 Å². The highest BCUT2D eigenvalue weighted by atomic mass is 32.2. The Morgan fingerprint density at radius 3 is 2.44 bits per heavy atom. The summed E-state index contributed by atoms with van der Waals surface area (Å²) in [6.45, 7) is 1.41. The van der Waals surface area contributed by atoms with E-state index in [-0.39, 0.29) is 6.04 Å². The van der Waals surface area contributed by atoms with Crippen LogP contribution in [0.5, 0.6) is 0 Å². The standard InChI is InChI=1S/C10H17N3O2S/c1-7(6-11)16(14,15)13-10-4-8-2-3-9(5-10)12-8/h7-10,12-13H,2-5H2,1H3. The Kier molecular flexibility index (Phi) is 3.19. The summed E-state index contributed by atoms with van der Waals surface area (Å²) in [6.07, 6.45) is 3.95. The van der Waals surface area contributed by atoms with Crippen molar-refractivity contribution in [1.29, 1.82) is 5.26 Å². The van der Waals surface area contributed by atoms with Gasteiger partial charge in [-0.3, -0.25) is 0 Å². The first-order valence-electron chi connectivity index (χ1n) is 5.68. The van der Waals surface area contributed by atoms with Crippen LogP contribution in [0, 0.1) is 11.3 Å². The smallest absolute Gasteiger partial charge is 0.227 e. The number of fused-ring (bicyclic) bond motifs is 2. The maximum atomic E-state index is 11.7. The van der Waals surface area contributed by atoms with Crippen LogP contribution in [-0.2, 0) is 10.0 Å². The van der Waals surface area contributed by atoms with Gasteiger partial charge in [0.05, 0.1) is 6.07 Å². The SMILES string of the molecule is CC(C#N)S(=O)(=O)NC1CC2CCC(C1)N2. The van der Waals surface area contributed by atoms with E-state index in [1.165, 1.54) is 6.92 Å². The van der Waals surface area contributed by atoms with Crippen LogP contribution >= 0.6 is 0 Å². The fourth-order valence-electron chi connectivity index (χ4n) is 2.56. The van der Waals surface area contributed by atoms with Gasteiger partial charge in [0.15, 0.2) is 5.25 Å². The van der Waals surface area contributed by atoms with E-state index in [0.717, 1.165) is 25.7 Å². The lowest BCUT2D eigenvalue weighted by Gasteiger charge is -2.29. The van der Waals surface area contributed by atoms with Gasteiger partial charge in [-0.1, -0.05) is 0 Å². The summed E-state index contributed by atoms with van der Waals surface area (Å²) in [5.41, 5.74) is 0. The average Bonchev–Trinajstić information content (AvgIpc) is 2.56. The number of rotatable bonds is 3. The Hall–Kier alpha value is -0.640. The van der Waals surface area contributed by atoms with Crippen LogP contribution in [0.25, 0.3) is 0 Å². The van der Waals surface area contributed by atoms with Crippen LogP contribution in [0.2, 0.25) is 0 Å². The highest BCUT2D eigenvalue weighted by Gasteiger charge is 2.36. The molecule has 2 aliphatic rings. The zero-order valence-corrected chi connectivity index (χ0v) is 10.1. The summed E-state index contributed by atoms with van der Waals surface area (Å²) >= 11 is 0. The third-order valence-corrected chi connectivity index (χ3v) is 5.15. The second-order valence-electron chi connectivity index (χ2n) is 4.74. The Morgan fingerprint density at radius 1 is 1.38 bits per heavy atom. The topological polar surface area (TPSA) is 82.0 Å². The lowest BCUT2D eigenvalue weighted by molar-refractivity contribution is 0.345. The van der Waals surface area contributed by atoms with Crippen molar-refractivity contribution in [1.82, 2.24) is 10.0 Å². The third-order valence-electron chi connectivity index (χ3n) is 3.45. The fraction of sp³-hybridized carbons (Fsp3) is 0.900. The predicted molar refractivity (Wildman–Crippen MR) is 60.1 cm³/mol. The Balaban J connectivity index is 1.98. The summed E-state index contributed by atoms with van der Waals surface area (Å²) < 4.78 is 26.1. The van der Waals surface area contributed by atoms with E-state index in [4.69, 9.17) is 5.26 Å². The van der Waals surface area contributed by atoms with Gasteiger partial charge in [0, 0.05) is 18.1 Å². The average molecular weight is 243 g/mol. The number of nitrogens with one attached hydrogen (secondary N) is 2. The Bertz CT molecular complexity index is 389. The van der Waals surface area contributed by atoms with E-state index in [1.54, 1.807) is 6.07 Å². The number of hydrogen-bond acceptors (Lipinski definition) is 4. The fourth-order valence-corrected chi connectivity index (χ4v) is 3.56. The molecule has 0 aromatic rings. The van der Waals surface area contributed by atoms with Gasteiger partial charge in [-0.2, -0.15) is 5.26 Å². The van der Waals surface area contributed by atoms with Crippen molar-refractivity contribution in [3.05, 3.63) is 0 Å². The van der Waals surface area contributed by atoms with E-state index < -0.39 is 15.3 Å². The van der Waals surface area contributed by atoms with Crippen LogP contribution in [0.4, 0.5) is 0 Å². The molecule has 2 fully saturated rings. The Morgan fingerprint density at radius 2 is 1.94 bits per heavy atom. The summed E-state index contributed by atoms with van der Waals surface area (Å²) in [5.74, 6) is 0. The molecule has 2 N–H and O–H groups in total. The molecule has 90 valence electrons. The Labute approximate surface area is 96.3 Å². The first kappa shape index (κ1) is 11.8. The van der Waals surface area contributed by atoms with Crippen molar-refractivity contribution in [2.45, 2.75) is 56.0 Å². The van der Waals surface area contributed by atoms with E-state index in [2.05, 4.69) is 10.0 Å². The molecule has 0 aliphatic carbocycles. The molecule has 5 nitrogen and oxygen atoms in total. The molecule has 0 spiro atoms. The molecule has 0 aromatic carbocycles. The molecule has 16 heavy (non-hydrogen) atoms. The number of nitriles is 1. The number of sulfonamides is 1. The summed E-state index contributed by atoms with van der Waals surface area (Å²) in [5, 5.41) is 11.1. The summed E-state index contributed by atoms with van der Waals surface area (Å²) in [7, 11) is -3.47. The van der Waals surface area contributed by atoms with Gasteiger partial charge >= 0.3 is 0 Å². The van der Waals surface area contributed by atoms with E-state index in [0.29, 0.717) is 12.1 Å². The molecule has 0 radical (unpaired) electrons. The van der Waals surface area contributed by atoms with Gasteiger partial charge in [-0.25, -0.2) is 13.1 Å². The van der Waals surface area contributed by atoms with Crippen molar-refractivity contribution in [3.63, 3.8) is 0 Å². The highest BCUT2D eigenvalue weighted by Crippen LogP contribution is 2.27. The van der Waals surface area contributed by atoms with Crippen molar-refractivity contribution < 1.29 is 8.42 Å². The summed E-state index contributed by atoms with van der Waals surface area (Å²) in [6, 6.07) is 2.66.